The average molecular weight is 451 g/mol. The molecule has 2 unspecified atom stereocenters. The van der Waals surface area contributed by atoms with Crippen molar-refractivity contribution < 1.29 is 19.1 Å². The van der Waals surface area contributed by atoms with Gasteiger partial charge in [-0.25, -0.2) is 0 Å². The standard InChI is InChI=1S/C25H26N2O4S/c1-30-20-7-3-18(4-8-20)24-22(25(29)26-15-17-13-14-32-16-17)11-12-23(28)27(24)19-5-9-21(31-2)10-6-19/h3-10,13-14,16,22,24H,11-12,15H2,1-2H3,(H,26,29). The first-order chi connectivity index (χ1) is 15.6. The van der Waals surface area contributed by atoms with Crippen LogP contribution in [0, 0.1) is 5.92 Å². The van der Waals surface area contributed by atoms with E-state index in [2.05, 4.69) is 5.32 Å². The van der Waals surface area contributed by atoms with Crippen molar-refractivity contribution >= 4 is 28.8 Å². The molecule has 7 heteroatoms. The summed E-state index contributed by atoms with van der Waals surface area (Å²) in [5.41, 5.74) is 2.71. The highest BCUT2D eigenvalue weighted by atomic mass is 32.1. The van der Waals surface area contributed by atoms with Crippen LogP contribution >= 0.6 is 11.3 Å². The second-order valence-corrected chi connectivity index (χ2v) is 8.45. The molecule has 0 radical (unpaired) electrons. The topological polar surface area (TPSA) is 67.9 Å². The normalized spacial score (nSPS) is 18.3. The molecule has 2 atom stereocenters. The molecule has 1 aliphatic heterocycles. The number of methoxy groups -OCH3 is 2. The van der Waals surface area contributed by atoms with Crippen LogP contribution in [0.15, 0.2) is 65.4 Å². The van der Waals surface area contributed by atoms with E-state index in [0.29, 0.717) is 25.1 Å². The smallest absolute Gasteiger partial charge is 0.227 e. The number of thiophene rings is 1. The average Bonchev–Trinajstić information content (AvgIpc) is 3.36. The lowest BCUT2D eigenvalue weighted by Crippen LogP contribution is -2.48. The van der Waals surface area contributed by atoms with E-state index in [1.807, 2.05) is 65.4 Å². The molecule has 1 aliphatic rings. The summed E-state index contributed by atoms with van der Waals surface area (Å²) in [4.78, 5) is 28.2. The lowest BCUT2D eigenvalue weighted by Gasteiger charge is -2.41. The molecule has 1 N–H and O–H groups in total. The fourth-order valence-corrected chi connectivity index (χ4v) is 4.78. The lowest BCUT2D eigenvalue weighted by atomic mass is 9.83. The molecule has 1 fully saturated rings. The zero-order valence-electron chi connectivity index (χ0n) is 18.1. The van der Waals surface area contributed by atoms with E-state index in [-0.39, 0.29) is 17.7 Å². The van der Waals surface area contributed by atoms with Crippen molar-refractivity contribution in [3.05, 3.63) is 76.5 Å². The molecule has 1 aromatic heterocycles. The van der Waals surface area contributed by atoms with Gasteiger partial charge in [0, 0.05) is 18.7 Å². The number of piperidine rings is 1. The maximum atomic E-state index is 13.3. The third kappa shape index (κ3) is 4.62. The quantitative estimate of drug-likeness (QED) is 0.573. The minimum absolute atomic E-state index is 0.00197. The summed E-state index contributed by atoms with van der Waals surface area (Å²) in [7, 11) is 3.22. The predicted molar refractivity (Wildman–Crippen MR) is 125 cm³/mol. The highest BCUT2D eigenvalue weighted by molar-refractivity contribution is 7.07. The number of benzene rings is 2. The predicted octanol–water partition coefficient (Wildman–Crippen LogP) is 4.57. The van der Waals surface area contributed by atoms with Crippen LogP contribution in [0.4, 0.5) is 5.69 Å². The first-order valence-corrected chi connectivity index (χ1v) is 11.4. The van der Waals surface area contributed by atoms with E-state index in [1.165, 1.54) is 0 Å². The number of ether oxygens (including phenoxy) is 2. The van der Waals surface area contributed by atoms with Crippen LogP contribution in [0.1, 0.15) is 30.0 Å². The van der Waals surface area contributed by atoms with Crippen molar-refractivity contribution in [2.45, 2.75) is 25.4 Å². The molecule has 4 rings (SSSR count). The first kappa shape index (κ1) is 21.9. The Kier molecular flexibility index (Phi) is 6.75. The monoisotopic (exact) mass is 450 g/mol. The Morgan fingerprint density at radius 1 is 1.03 bits per heavy atom. The molecular formula is C25H26N2O4S. The highest BCUT2D eigenvalue weighted by Gasteiger charge is 2.41. The summed E-state index contributed by atoms with van der Waals surface area (Å²) in [6.07, 6.45) is 0.812. The van der Waals surface area contributed by atoms with E-state index in [0.717, 1.165) is 22.6 Å². The van der Waals surface area contributed by atoms with E-state index in [9.17, 15) is 9.59 Å². The van der Waals surface area contributed by atoms with Crippen LogP contribution in [0.5, 0.6) is 11.5 Å². The Morgan fingerprint density at radius 2 is 1.69 bits per heavy atom. The van der Waals surface area contributed by atoms with Crippen LogP contribution in [-0.2, 0) is 16.1 Å². The molecule has 166 valence electrons. The fourth-order valence-electron chi connectivity index (χ4n) is 4.11. The largest absolute Gasteiger partial charge is 0.497 e. The summed E-state index contributed by atoms with van der Waals surface area (Å²) < 4.78 is 10.6. The molecule has 2 heterocycles. The van der Waals surface area contributed by atoms with Crippen LogP contribution in [-0.4, -0.2) is 26.0 Å². The zero-order chi connectivity index (χ0) is 22.5. The number of amides is 2. The maximum absolute atomic E-state index is 13.3. The van der Waals surface area contributed by atoms with Gasteiger partial charge in [-0.1, -0.05) is 12.1 Å². The molecule has 32 heavy (non-hydrogen) atoms. The molecule has 0 bridgehead atoms. The number of anilines is 1. The van der Waals surface area contributed by atoms with Gasteiger partial charge in [-0.3, -0.25) is 9.59 Å². The van der Waals surface area contributed by atoms with Crippen LogP contribution in [0.2, 0.25) is 0 Å². The Balaban J connectivity index is 1.68. The van der Waals surface area contributed by atoms with Gasteiger partial charge in [-0.2, -0.15) is 11.3 Å². The van der Waals surface area contributed by atoms with Gasteiger partial charge in [0.05, 0.1) is 26.2 Å². The molecule has 0 spiro atoms. The van der Waals surface area contributed by atoms with Gasteiger partial charge in [0.1, 0.15) is 11.5 Å². The van der Waals surface area contributed by atoms with E-state index >= 15 is 0 Å². The van der Waals surface area contributed by atoms with Crippen molar-refractivity contribution in [2.24, 2.45) is 5.92 Å². The molecule has 1 saturated heterocycles. The number of rotatable bonds is 7. The van der Waals surface area contributed by atoms with Crippen molar-refractivity contribution in [1.29, 1.82) is 0 Å². The molecule has 3 aromatic rings. The highest BCUT2D eigenvalue weighted by Crippen LogP contribution is 2.41. The van der Waals surface area contributed by atoms with Gasteiger partial charge in [0.25, 0.3) is 0 Å². The van der Waals surface area contributed by atoms with E-state index < -0.39 is 6.04 Å². The minimum atomic E-state index is -0.418. The van der Waals surface area contributed by atoms with Crippen LogP contribution < -0.4 is 19.7 Å². The van der Waals surface area contributed by atoms with Crippen molar-refractivity contribution in [2.75, 3.05) is 19.1 Å². The fraction of sp³-hybridized carbons (Fsp3) is 0.280. The third-order valence-electron chi connectivity index (χ3n) is 5.79. The minimum Gasteiger partial charge on any atom is -0.497 e. The summed E-state index contributed by atoms with van der Waals surface area (Å²) in [5, 5.41) is 7.08. The van der Waals surface area contributed by atoms with Gasteiger partial charge in [-0.15, -0.1) is 0 Å². The number of nitrogens with one attached hydrogen (secondary N) is 1. The van der Waals surface area contributed by atoms with Crippen LogP contribution in [0.25, 0.3) is 0 Å². The van der Waals surface area contributed by atoms with Gasteiger partial charge in [0.15, 0.2) is 0 Å². The van der Waals surface area contributed by atoms with E-state index in [4.69, 9.17) is 9.47 Å². The van der Waals surface area contributed by atoms with Crippen molar-refractivity contribution in [1.82, 2.24) is 5.32 Å². The van der Waals surface area contributed by atoms with Crippen molar-refractivity contribution in [3.8, 4) is 11.5 Å². The van der Waals surface area contributed by atoms with E-state index in [1.54, 1.807) is 30.5 Å². The number of hydrogen-bond acceptors (Lipinski definition) is 5. The van der Waals surface area contributed by atoms with Crippen LogP contribution in [0.3, 0.4) is 0 Å². The molecule has 0 aliphatic carbocycles. The number of nitrogens with zero attached hydrogens (tertiary/aromatic N) is 1. The number of carbonyl (C=O) groups excluding carboxylic acids is 2. The Morgan fingerprint density at radius 3 is 2.28 bits per heavy atom. The number of carbonyl (C=O) groups is 2. The Labute approximate surface area is 191 Å². The second kappa shape index (κ2) is 9.87. The summed E-state index contributed by atoms with van der Waals surface area (Å²) in [5.74, 6) is 1.01. The van der Waals surface area contributed by atoms with Gasteiger partial charge < -0.3 is 19.7 Å². The summed E-state index contributed by atoms with van der Waals surface area (Å²) in [6, 6.07) is 16.5. The maximum Gasteiger partial charge on any atom is 0.227 e. The van der Waals surface area contributed by atoms with Gasteiger partial charge in [-0.05, 0) is 70.8 Å². The Bertz CT molecular complexity index is 1050. The van der Waals surface area contributed by atoms with Gasteiger partial charge in [0.2, 0.25) is 11.8 Å². The third-order valence-corrected chi connectivity index (χ3v) is 6.52. The molecule has 6 nitrogen and oxygen atoms in total. The van der Waals surface area contributed by atoms with Crippen molar-refractivity contribution in [3.63, 3.8) is 0 Å². The first-order valence-electron chi connectivity index (χ1n) is 10.5. The molecular weight excluding hydrogens is 424 g/mol. The summed E-state index contributed by atoms with van der Waals surface area (Å²) in [6.45, 7) is 0.477. The lowest BCUT2D eigenvalue weighted by molar-refractivity contribution is -0.129. The molecule has 2 amide bonds. The summed E-state index contributed by atoms with van der Waals surface area (Å²) >= 11 is 1.60. The Hall–Kier alpha value is -3.32. The zero-order valence-corrected chi connectivity index (χ0v) is 18.9. The number of hydrogen-bond donors (Lipinski definition) is 1. The molecule has 0 saturated carbocycles. The molecule has 2 aromatic carbocycles. The second-order valence-electron chi connectivity index (χ2n) is 7.67. The van der Waals surface area contributed by atoms with Gasteiger partial charge >= 0.3 is 0 Å². The SMILES string of the molecule is COc1ccc(C2C(C(=O)NCc3ccsc3)CCC(=O)N2c2ccc(OC)cc2)cc1.